The molecule has 21 heavy (non-hydrogen) atoms. The van der Waals surface area contributed by atoms with Crippen molar-refractivity contribution >= 4 is 29.3 Å². The number of carbonyl (C=O) groups is 1. The molecule has 1 fully saturated rings. The second-order valence-electron chi connectivity index (χ2n) is 5.63. The van der Waals surface area contributed by atoms with Gasteiger partial charge >= 0.3 is 0 Å². The maximum atomic E-state index is 12.4. The van der Waals surface area contributed by atoms with Gasteiger partial charge in [0.05, 0.1) is 5.75 Å². The number of likely N-dealkylation sites (tertiary alicyclic amines) is 1. The number of hydrogen-bond acceptors (Lipinski definition) is 3. The Labute approximate surface area is 136 Å². The van der Waals surface area contributed by atoms with Gasteiger partial charge in [0.25, 0.3) is 0 Å². The molecule has 2 rings (SSSR count). The molecule has 2 unspecified atom stereocenters. The van der Waals surface area contributed by atoms with Crippen molar-refractivity contribution in [3.63, 3.8) is 0 Å². The minimum Gasteiger partial charge on any atom is -0.337 e. The summed E-state index contributed by atoms with van der Waals surface area (Å²) in [6.07, 6.45) is 3.30. The molecule has 116 valence electrons. The quantitative estimate of drug-likeness (QED) is 0.903. The van der Waals surface area contributed by atoms with E-state index < -0.39 is 0 Å². The van der Waals surface area contributed by atoms with Crippen LogP contribution in [0.25, 0.3) is 0 Å². The third kappa shape index (κ3) is 4.90. The highest BCUT2D eigenvalue weighted by Crippen LogP contribution is 2.21. The van der Waals surface area contributed by atoms with Gasteiger partial charge in [-0.25, -0.2) is 0 Å². The third-order valence-corrected chi connectivity index (χ3v) is 5.12. The summed E-state index contributed by atoms with van der Waals surface area (Å²) in [5.41, 5.74) is 7.21. The van der Waals surface area contributed by atoms with E-state index in [0.29, 0.717) is 5.75 Å². The SMILES string of the molecule is CC(N)C1CCCCN1C(=O)CSCc1ccc(Cl)cc1. The summed E-state index contributed by atoms with van der Waals surface area (Å²) in [5, 5.41) is 0.743. The molecule has 0 radical (unpaired) electrons. The Morgan fingerprint density at radius 3 is 2.81 bits per heavy atom. The van der Waals surface area contributed by atoms with Crippen LogP contribution in [0, 0.1) is 0 Å². The van der Waals surface area contributed by atoms with Crippen LogP contribution in [-0.4, -0.2) is 35.2 Å². The Morgan fingerprint density at radius 1 is 1.43 bits per heavy atom. The monoisotopic (exact) mass is 326 g/mol. The number of nitrogens with two attached hydrogens (primary N) is 1. The Kier molecular flexibility index (Phi) is 6.40. The number of halogens is 1. The average molecular weight is 327 g/mol. The van der Waals surface area contributed by atoms with Gasteiger partial charge in [-0.05, 0) is 43.9 Å². The lowest BCUT2D eigenvalue weighted by Crippen LogP contribution is -2.52. The molecule has 1 aromatic rings. The normalized spacial score (nSPS) is 20.3. The van der Waals surface area contributed by atoms with Gasteiger partial charge in [0, 0.05) is 29.4 Å². The van der Waals surface area contributed by atoms with Gasteiger partial charge in [-0.15, -0.1) is 11.8 Å². The molecule has 0 spiro atoms. The molecule has 1 aliphatic heterocycles. The van der Waals surface area contributed by atoms with Crippen molar-refractivity contribution in [1.29, 1.82) is 0 Å². The van der Waals surface area contributed by atoms with E-state index in [0.717, 1.165) is 30.2 Å². The average Bonchev–Trinajstić information content (AvgIpc) is 2.49. The molecule has 0 bridgehead atoms. The summed E-state index contributed by atoms with van der Waals surface area (Å²) in [4.78, 5) is 14.4. The second-order valence-corrected chi connectivity index (χ2v) is 7.05. The molecule has 3 nitrogen and oxygen atoms in total. The third-order valence-electron chi connectivity index (χ3n) is 3.88. The summed E-state index contributed by atoms with van der Waals surface area (Å²) in [6.45, 7) is 2.85. The molecule has 1 heterocycles. The maximum Gasteiger partial charge on any atom is 0.232 e. The number of piperidine rings is 1. The Hall–Kier alpha value is -0.710. The van der Waals surface area contributed by atoms with Gasteiger partial charge in [-0.2, -0.15) is 0 Å². The zero-order valence-electron chi connectivity index (χ0n) is 12.4. The van der Waals surface area contributed by atoms with Gasteiger partial charge in [0.15, 0.2) is 0 Å². The van der Waals surface area contributed by atoms with Crippen LogP contribution in [-0.2, 0) is 10.5 Å². The highest BCUT2D eigenvalue weighted by molar-refractivity contribution is 7.99. The van der Waals surface area contributed by atoms with Crippen molar-refractivity contribution in [3.05, 3.63) is 34.9 Å². The first-order valence-corrected chi connectivity index (χ1v) is 8.98. The maximum absolute atomic E-state index is 12.4. The molecular weight excluding hydrogens is 304 g/mol. The van der Waals surface area contributed by atoms with E-state index in [1.165, 1.54) is 12.0 Å². The number of hydrogen-bond donors (Lipinski definition) is 1. The summed E-state index contributed by atoms with van der Waals surface area (Å²) in [5.74, 6) is 1.57. The van der Waals surface area contributed by atoms with Crippen LogP contribution in [0.4, 0.5) is 0 Å². The highest BCUT2D eigenvalue weighted by Gasteiger charge is 2.28. The number of rotatable bonds is 5. The predicted molar refractivity (Wildman–Crippen MR) is 90.6 cm³/mol. The number of amides is 1. The lowest BCUT2D eigenvalue weighted by molar-refractivity contribution is -0.132. The first-order chi connectivity index (χ1) is 10.1. The lowest BCUT2D eigenvalue weighted by atomic mass is 9.97. The number of benzene rings is 1. The van der Waals surface area contributed by atoms with Crippen LogP contribution in [0.2, 0.25) is 5.02 Å². The van der Waals surface area contributed by atoms with E-state index >= 15 is 0 Å². The van der Waals surface area contributed by atoms with E-state index in [-0.39, 0.29) is 18.0 Å². The van der Waals surface area contributed by atoms with E-state index in [1.807, 2.05) is 36.1 Å². The van der Waals surface area contributed by atoms with E-state index in [9.17, 15) is 4.79 Å². The molecule has 1 saturated heterocycles. The van der Waals surface area contributed by atoms with E-state index in [4.69, 9.17) is 17.3 Å². The van der Waals surface area contributed by atoms with Gasteiger partial charge in [0.1, 0.15) is 0 Å². The largest absolute Gasteiger partial charge is 0.337 e. The summed E-state index contributed by atoms with van der Waals surface area (Å²) < 4.78 is 0. The lowest BCUT2D eigenvalue weighted by Gasteiger charge is -2.38. The topological polar surface area (TPSA) is 46.3 Å². The molecule has 5 heteroatoms. The Balaban J connectivity index is 1.81. The molecule has 0 saturated carbocycles. The van der Waals surface area contributed by atoms with Crippen molar-refractivity contribution in [2.75, 3.05) is 12.3 Å². The molecule has 1 aromatic carbocycles. The fraction of sp³-hybridized carbons (Fsp3) is 0.562. The van der Waals surface area contributed by atoms with Crippen LogP contribution in [0.5, 0.6) is 0 Å². The molecule has 2 N–H and O–H groups in total. The van der Waals surface area contributed by atoms with Crippen molar-refractivity contribution in [2.24, 2.45) is 5.73 Å². The number of nitrogens with zero attached hydrogens (tertiary/aromatic N) is 1. The van der Waals surface area contributed by atoms with Crippen LogP contribution >= 0.6 is 23.4 Å². The first kappa shape index (κ1) is 16.7. The molecule has 0 aromatic heterocycles. The Morgan fingerprint density at radius 2 is 2.14 bits per heavy atom. The van der Waals surface area contributed by atoms with Crippen LogP contribution in [0.3, 0.4) is 0 Å². The minimum absolute atomic E-state index is 0.0514. The van der Waals surface area contributed by atoms with E-state index in [2.05, 4.69) is 0 Å². The molecule has 1 amide bonds. The predicted octanol–water partition coefficient (Wildman–Crippen LogP) is 3.30. The summed E-state index contributed by atoms with van der Waals surface area (Å²) >= 11 is 7.52. The fourth-order valence-electron chi connectivity index (χ4n) is 2.73. The number of carbonyl (C=O) groups excluding carboxylic acids is 1. The van der Waals surface area contributed by atoms with Crippen molar-refractivity contribution in [2.45, 2.75) is 44.0 Å². The molecule has 2 atom stereocenters. The van der Waals surface area contributed by atoms with Crippen molar-refractivity contribution in [1.82, 2.24) is 4.90 Å². The zero-order chi connectivity index (χ0) is 15.2. The van der Waals surface area contributed by atoms with Gasteiger partial charge in [-0.1, -0.05) is 23.7 Å². The minimum atomic E-state index is 0.0514. The molecular formula is C16H23ClN2OS. The van der Waals surface area contributed by atoms with Crippen LogP contribution < -0.4 is 5.73 Å². The standard InChI is InChI=1S/C16H23ClN2OS/c1-12(18)15-4-2-3-9-19(15)16(20)11-21-10-13-5-7-14(17)8-6-13/h5-8,12,15H,2-4,9-11,18H2,1H3. The zero-order valence-corrected chi connectivity index (χ0v) is 14.0. The summed E-state index contributed by atoms with van der Waals surface area (Å²) in [6, 6.07) is 8.04. The smallest absolute Gasteiger partial charge is 0.232 e. The first-order valence-electron chi connectivity index (χ1n) is 7.45. The molecule has 0 aliphatic carbocycles. The fourth-order valence-corrected chi connectivity index (χ4v) is 3.73. The van der Waals surface area contributed by atoms with Gasteiger partial charge in [0.2, 0.25) is 5.91 Å². The van der Waals surface area contributed by atoms with Gasteiger partial charge < -0.3 is 10.6 Å². The van der Waals surface area contributed by atoms with Gasteiger partial charge in [-0.3, -0.25) is 4.79 Å². The molecule has 1 aliphatic rings. The Bertz CT molecular complexity index is 464. The van der Waals surface area contributed by atoms with Crippen molar-refractivity contribution < 1.29 is 4.79 Å². The number of thioether (sulfide) groups is 1. The second kappa shape index (κ2) is 8.06. The highest BCUT2D eigenvalue weighted by atomic mass is 35.5. The van der Waals surface area contributed by atoms with E-state index in [1.54, 1.807) is 11.8 Å². The van der Waals surface area contributed by atoms with Crippen molar-refractivity contribution in [3.8, 4) is 0 Å². The summed E-state index contributed by atoms with van der Waals surface area (Å²) in [7, 11) is 0. The van der Waals surface area contributed by atoms with Crippen LogP contribution in [0.15, 0.2) is 24.3 Å². The van der Waals surface area contributed by atoms with Crippen LogP contribution in [0.1, 0.15) is 31.7 Å².